The molecule has 0 bridgehead atoms. The van der Waals surface area contributed by atoms with Crippen LogP contribution in [0.5, 0.6) is 5.75 Å². The maximum absolute atomic E-state index is 12.7. The Bertz CT molecular complexity index is 837. The van der Waals surface area contributed by atoms with Gasteiger partial charge in [-0.05, 0) is 49.9 Å². The third-order valence-corrected chi connectivity index (χ3v) is 4.91. The molecule has 1 fully saturated rings. The molecule has 2 heterocycles. The second-order valence-corrected chi connectivity index (χ2v) is 6.62. The molecule has 2 atom stereocenters. The number of aromatic nitrogens is 2. The van der Waals surface area contributed by atoms with Crippen LogP contribution in [0, 0.1) is 11.3 Å². The second-order valence-electron chi connectivity index (χ2n) is 6.62. The molecule has 1 aromatic carbocycles. The summed E-state index contributed by atoms with van der Waals surface area (Å²) in [6, 6.07) is 8.86. The first-order chi connectivity index (χ1) is 12.7. The molecular formula is C19H20N4O3. The van der Waals surface area contributed by atoms with Gasteiger partial charge in [-0.2, -0.15) is 10.4 Å². The molecule has 2 aromatic rings. The predicted octanol–water partition coefficient (Wildman–Crippen LogP) is 1.74. The number of hydrogen-bond donors (Lipinski definition) is 2. The van der Waals surface area contributed by atoms with Gasteiger partial charge in [0, 0.05) is 17.9 Å². The van der Waals surface area contributed by atoms with E-state index in [1.165, 1.54) is 0 Å². The van der Waals surface area contributed by atoms with E-state index in [-0.39, 0.29) is 18.1 Å². The van der Waals surface area contributed by atoms with Crippen molar-refractivity contribution in [2.45, 2.75) is 37.8 Å². The van der Waals surface area contributed by atoms with Crippen molar-refractivity contribution < 1.29 is 14.3 Å². The first-order valence-electron chi connectivity index (χ1n) is 8.86. The fourth-order valence-electron chi connectivity index (χ4n) is 3.52. The number of nitrogens with one attached hydrogen (secondary N) is 2. The van der Waals surface area contributed by atoms with Crippen molar-refractivity contribution in [3.63, 3.8) is 0 Å². The highest BCUT2D eigenvalue weighted by atomic mass is 16.5. The molecule has 0 unspecified atom stereocenters. The number of carbonyl (C=O) groups is 1. The third kappa shape index (κ3) is 3.28. The lowest BCUT2D eigenvalue weighted by atomic mass is 10.1. The standard InChI is InChI=1S/C19H20N4O3/c20-10-12-4-6-13(7-5-12)26-17-11-25-9-8-16(17)21-19(24)18-14-2-1-3-15(14)22-23-18/h4-7,16-17H,1-3,8-9,11H2,(H,21,24)(H,22,23)/t16-,17-/m1/s1. The molecule has 1 aromatic heterocycles. The van der Waals surface area contributed by atoms with Gasteiger partial charge in [-0.1, -0.05) is 0 Å². The topological polar surface area (TPSA) is 100 Å². The average molecular weight is 352 g/mol. The summed E-state index contributed by atoms with van der Waals surface area (Å²) in [4.78, 5) is 12.7. The molecule has 0 saturated carbocycles. The first-order valence-corrected chi connectivity index (χ1v) is 8.86. The fraction of sp³-hybridized carbons (Fsp3) is 0.421. The minimum atomic E-state index is -0.285. The quantitative estimate of drug-likeness (QED) is 0.873. The van der Waals surface area contributed by atoms with E-state index in [0.717, 1.165) is 30.5 Å². The summed E-state index contributed by atoms with van der Waals surface area (Å²) >= 11 is 0. The second kappa shape index (κ2) is 7.18. The molecule has 1 aliphatic heterocycles. The molecule has 1 amide bonds. The molecule has 2 N–H and O–H groups in total. The van der Waals surface area contributed by atoms with Gasteiger partial charge in [0.25, 0.3) is 5.91 Å². The van der Waals surface area contributed by atoms with Crippen LogP contribution in [0.15, 0.2) is 24.3 Å². The number of aromatic amines is 1. The highest BCUT2D eigenvalue weighted by molar-refractivity contribution is 5.94. The van der Waals surface area contributed by atoms with Crippen molar-refractivity contribution in [2.75, 3.05) is 13.2 Å². The number of benzene rings is 1. The van der Waals surface area contributed by atoms with Crippen molar-refractivity contribution >= 4 is 5.91 Å². The molecule has 0 radical (unpaired) electrons. The third-order valence-electron chi connectivity index (χ3n) is 4.91. The Kier molecular flexibility index (Phi) is 4.59. The van der Waals surface area contributed by atoms with Crippen LogP contribution >= 0.6 is 0 Å². The van der Waals surface area contributed by atoms with Crippen LogP contribution in [0.1, 0.15) is 40.2 Å². The fourth-order valence-corrected chi connectivity index (χ4v) is 3.52. The molecule has 7 nitrogen and oxygen atoms in total. The Morgan fingerprint density at radius 3 is 3.00 bits per heavy atom. The molecule has 7 heteroatoms. The zero-order valence-corrected chi connectivity index (χ0v) is 14.3. The van der Waals surface area contributed by atoms with Gasteiger partial charge < -0.3 is 14.8 Å². The number of aryl methyl sites for hydroxylation is 1. The van der Waals surface area contributed by atoms with Crippen LogP contribution in [0.2, 0.25) is 0 Å². The van der Waals surface area contributed by atoms with Crippen LogP contribution in [-0.4, -0.2) is 41.5 Å². The van der Waals surface area contributed by atoms with Gasteiger partial charge in [0.2, 0.25) is 0 Å². The lowest BCUT2D eigenvalue weighted by Crippen LogP contribution is -2.51. The molecule has 2 aliphatic rings. The normalized spacial score (nSPS) is 21.7. The number of nitrogens with zero attached hydrogens (tertiary/aromatic N) is 2. The monoisotopic (exact) mass is 352 g/mol. The van der Waals surface area contributed by atoms with Crippen molar-refractivity contribution in [1.29, 1.82) is 5.26 Å². The minimum absolute atomic E-state index is 0.152. The minimum Gasteiger partial charge on any atom is -0.486 e. The van der Waals surface area contributed by atoms with E-state index < -0.39 is 0 Å². The summed E-state index contributed by atoms with van der Waals surface area (Å²) < 4.78 is 11.5. The largest absolute Gasteiger partial charge is 0.486 e. The van der Waals surface area contributed by atoms with Crippen LogP contribution in [0.3, 0.4) is 0 Å². The average Bonchev–Trinajstić information content (AvgIpc) is 3.27. The summed E-state index contributed by atoms with van der Waals surface area (Å²) in [5.74, 6) is 0.490. The predicted molar refractivity (Wildman–Crippen MR) is 92.9 cm³/mol. The molecule has 1 aliphatic carbocycles. The first kappa shape index (κ1) is 16.6. The summed E-state index contributed by atoms with van der Waals surface area (Å²) in [6.45, 7) is 0.987. The Morgan fingerprint density at radius 2 is 2.19 bits per heavy atom. The maximum Gasteiger partial charge on any atom is 0.272 e. The van der Waals surface area contributed by atoms with E-state index in [1.54, 1.807) is 24.3 Å². The van der Waals surface area contributed by atoms with Crippen LogP contribution < -0.4 is 10.1 Å². The Balaban J connectivity index is 1.45. The van der Waals surface area contributed by atoms with Gasteiger partial charge in [0.1, 0.15) is 11.9 Å². The van der Waals surface area contributed by atoms with E-state index in [4.69, 9.17) is 14.7 Å². The summed E-state index contributed by atoms with van der Waals surface area (Å²) in [6.07, 6.45) is 3.31. The van der Waals surface area contributed by atoms with Gasteiger partial charge >= 0.3 is 0 Å². The van der Waals surface area contributed by atoms with E-state index in [2.05, 4.69) is 21.6 Å². The van der Waals surface area contributed by atoms with Crippen molar-refractivity contribution in [3.8, 4) is 11.8 Å². The van der Waals surface area contributed by atoms with E-state index in [9.17, 15) is 4.79 Å². The molecule has 26 heavy (non-hydrogen) atoms. The Morgan fingerprint density at radius 1 is 1.35 bits per heavy atom. The van der Waals surface area contributed by atoms with Gasteiger partial charge in [0.15, 0.2) is 5.69 Å². The maximum atomic E-state index is 12.7. The van der Waals surface area contributed by atoms with Crippen molar-refractivity contribution in [3.05, 3.63) is 46.8 Å². The van der Waals surface area contributed by atoms with Gasteiger partial charge in [0.05, 0.1) is 24.3 Å². The van der Waals surface area contributed by atoms with Crippen LogP contribution in [0.25, 0.3) is 0 Å². The van der Waals surface area contributed by atoms with Gasteiger partial charge in [-0.3, -0.25) is 9.89 Å². The van der Waals surface area contributed by atoms with E-state index in [1.807, 2.05) is 0 Å². The summed E-state index contributed by atoms with van der Waals surface area (Å²) in [5, 5.41) is 19.1. The Labute approximate surface area is 151 Å². The Hall–Kier alpha value is -2.85. The number of H-pyrrole nitrogens is 1. The number of hydrogen-bond acceptors (Lipinski definition) is 5. The number of fused-ring (bicyclic) bond motifs is 1. The van der Waals surface area contributed by atoms with Gasteiger partial charge in [-0.15, -0.1) is 0 Å². The highest BCUT2D eigenvalue weighted by Crippen LogP contribution is 2.23. The summed E-state index contributed by atoms with van der Waals surface area (Å²) in [7, 11) is 0. The SMILES string of the molecule is N#Cc1ccc(O[C@@H]2COCC[C@H]2NC(=O)c2n[nH]c3c2CCC3)cc1. The number of nitriles is 1. The zero-order chi connectivity index (χ0) is 17.9. The number of amides is 1. The smallest absolute Gasteiger partial charge is 0.272 e. The highest BCUT2D eigenvalue weighted by Gasteiger charge is 2.31. The number of ether oxygens (including phenoxy) is 2. The number of rotatable bonds is 4. The van der Waals surface area contributed by atoms with Crippen LogP contribution in [0.4, 0.5) is 0 Å². The lowest BCUT2D eigenvalue weighted by molar-refractivity contribution is -0.0135. The van der Waals surface area contributed by atoms with Crippen molar-refractivity contribution in [1.82, 2.24) is 15.5 Å². The van der Waals surface area contributed by atoms with Crippen LogP contribution in [-0.2, 0) is 17.6 Å². The molecular weight excluding hydrogens is 332 g/mol. The van der Waals surface area contributed by atoms with Crippen molar-refractivity contribution in [2.24, 2.45) is 0 Å². The molecule has 134 valence electrons. The molecule has 1 saturated heterocycles. The molecule has 0 spiro atoms. The van der Waals surface area contributed by atoms with E-state index in [0.29, 0.717) is 36.6 Å². The summed E-state index contributed by atoms with van der Waals surface area (Å²) in [5.41, 5.74) is 3.20. The van der Waals surface area contributed by atoms with Gasteiger partial charge in [-0.25, -0.2) is 0 Å². The van der Waals surface area contributed by atoms with E-state index >= 15 is 0 Å². The number of carbonyl (C=O) groups excluding carboxylic acids is 1. The lowest BCUT2D eigenvalue weighted by Gasteiger charge is -2.32. The zero-order valence-electron chi connectivity index (χ0n) is 14.3. The molecule has 4 rings (SSSR count).